The number of benzene rings is 2. The molecule has 0 aliphatic carbocycles. The van der Waals surface area contributed by atoms with E-state index in [0.717, 1.165) is 12.1 Å². The highest BCUT2D eigenvalue weighted by atomic mass is 32.1. The summed E-state index contributed by atoms with van der Waals surface area (Å²) >= 11 is 5.43. The van der Waals surface area contributed by atoms with Crippen LogP contribution in [0.3, 0.4) is 0 Å². The fourth-order valence-electron chi connectivity index (χ4n) is 2.46. The minimum atomic E-state index is 0.231. The van der Waals surface area contributed by atoms with Crippen molar-refractivity contribution in [2.45, 2.75) is 33.2 Å². The van der Waals surface area contributed by atoms with Crippen LogP contribution in [-0.2, 0) is 0 Å². The molecule has 2 aromatic rings. The zero-order chi connectivity index (χ0) is 15.2. The monoisotopic (exact) mass is 298 g/mol. The number of thiocarbonyl (C=S) groups is 1. The fraction of sp³-hybridized carbons (Fsp3) is 0.278. The summed E-state index contributed by atoms with van der Waals surface area (Å²) in [5.41, 5.74) is 4.90. The van der Waals surface area contributed by atoms with Gasteiger partial charge in [0.05, 0.1) is 6.04 Å². The molecule has 21 heavy (non-hydrogen) atoms. The maximum absolute atomic E-state index is 5.43. The molecule has 1 atom stereocenters. The Morgan fingerprint density at radius 3 is 2.43 bits per heavy atom. The van der Waals surface area contributed by atoms with Crippen LogP contribution < -0.4 is 10.6 Å². The first kappa shape index (κ1) is 15.5. The zero-order valence-electron chi connectivity index (χ0n) is 12.8. The first-order chi connectivity index (χ1) is 10.1. The molecule has 0 heterocycles. The van der Waals surface area contributed by atoms with Gasteiger partial charge in [0.2, 0.25) is 0 Å². The van der Waals surface area contributed by atoms with E-state index >= 15 is 0 Å². The largest absolute Gasteiger partial charge is 0.356 e. The fourth-order valence-corrected chi connectivity index (χ4v) is 2.72. The molecule has 0 saturated carbocycles. The van der Waals surface area contributed by atoms with Crippen LogP contribution in [0.5, 0.6) is 0 Å². The molecule has 0 unspecified atom stereocenters. The SMILES string of the molecule is CC[C@H](NC(=S)Nc1ccccc1)c1ccc(C)cc1C. The van der Waals surface area contributed by atoms with E-state index in [9.17, 15) is 0 Å². The molecule has 0 aromatic heterocycles. The average Bonchev–Trinajstić information content (AvgIpc) is 2.46. The molecule has 110 valence electrons. The molecule has 2 N–H and O–H groups in total. The van der Waals surface area contributed by atoms with Crippen molar-refractivity contribution in [2.24, 2.45) is 0 Å². The summed E-state index contributed by atoms with van der Waals surface area (Å²) in [5.74, 6) is 0. The highest BCUT2D eigenvalue weighted by molar-refractivity contribution is 7.80. The van der Waals surface area contributed by atoms with Gasteiger partial charge >= 0.3 is 0 Å². The number of para-hydroxylation sites is 1. The molecule has 0 spiro atoms. The minimum Gasteiger partial charge on any atom is -0.356 e. The summed E-state index contributed by atoms with van der Waals surface area (Å²) in [7, 11) is 0. The van der Waals surface area contributed by atoms with Gasteiger partial charge in [-0.2, -0.15) is 0 Å². The molecule has 0 bridgehead atoms. The Morgan fingerprint density at radius 2 is 1.81 bits per heavy atom. The van der Waals surface area contributed by atoms with Crippen LogP contribution in [0.15, 0.2) is 48.5 Å². The van der Waals surface area contributed by atoms with E-state index in [4.69, 9.17) is 12.2 Å². The minimum absolute atomic E-state index is 0.231. The second-order valence-electron chi connectivity index (χ2n) is 5.29. The van der Waals surface area contributed by atoms with Crippen molar-refractivity contribution in [3.8, 4) is 0 Å². The Kier molecular flexibility index (Phi) is 5.34. The maximum Gasteiger partial charge on any atom is 0.171 e. The average molecular weight is 298 g/mol. The standard InChI is InChI=1S/C18H22N2S/c1-4-17(16-11-10-13(2)12-14(16)3)20-18(21)19-15-8-6-5-7-9-15/h5-12,17H,4H2,1-3H3,(H2,19,20,21)/t17-/m0/s1. The smallest absolute Gasteiger partial charge is 0.171 e. The Labute approximate surface area is 132 Å². The maximum atomic E-state index is 5.43. The summed E-state index contributed by atoms with van der Waals surface area (Å²) in [4.78, 5) is 0. The van der Waals surface area contributed by atoms with Crippen LogP contribution in [0.25, 0.3) is 0 Å². The van der Waals surface area contributed by atoms with Gasteiger partial charge in [0.15, 0.2) is 5.11 Å². The van der Waals surface area contributed by atoms with Crippen LogP contribution >= 0.6 is 12.2 Å². The summed E-state index contributed by atoms with van der Waals surface area (Å²) in [6.45, 7) is 6.44. The molecule has 0 aliphatic heterocycles. The molecule has 0 aliphatic rings. The van der Waals surface area contributed by atoms with Crippen molar-refractivity contribution in [1.29, 1.82) is 0 Å². The van der Waals surface area contributed by atoms with E-state index in [1.807, 2.05) is 30.3 Å². The van der Waals surface area contributed by atoms with Gasteiger partial charge in [0.25, 0.3) is 0 Å². The topological polar surface area (TPSA) is 24.1 Å². The van der Waals surface area contributed by atoms with Crippen molar-refractivity contribution in [1.82, 2.24) is 5.32 Å². The lowest BCUT2D eigenvalue weighted by atomic mass is 9.98. The predicted molar refractivity (Wildman–Crippen MR) is 94.7 cm³/mol. The van der Waals surface area contributed by atoms with Crippen molar-refractivity contribution >= 4 is 23.0 Å². The van der Waals surface area contributed by atoms with E-state index in [1.165, 1.54) is 16.7 Å². The van der Waals surface area contributed by atoms with Gasteiger partial charge in [-0.25, -0.2) is 0 Å². The number of hydrogen-bond donors (Lipinski definition) is 2. The van der Waals surface area contributed by atoms with Crippen molar-refractivity contribution in [3.63, 3.8) is 0 Å². The van der Waals surface area contributed by atoms with Gasteiger partial charge in [0, 0.05) is 5.69 Å². The number of nitrogens with one attached hydrogen (secondary N) is 2. The normalized spacial score (nSPS) is 11.8. The van der Waals surface area contributed by atoms with Crippen LogP contribution in [-0.4, -0.2) is 5.11 Å². The molecular formula is C18H22N2S. The predicted octanol–water partition coefficient (Wildman–Crippen LogP) is 4.74. The number of anilines is 1. The molecule has 0 amide bonds. The van der Waals surface area contributed by atoms with E-state index in [1.54, 1.807) is 0 Å². The lowest BCUT2D eigenvalue weighted by Gasteiger charge is -2.22. The molecule has 2 nitrogen and oxygen atoms in total. The molecule has 2 aromatic carbocycles. The van der Waals surface area contributed by atoms with Gasteiger partial charge in [-0.15, -0.1) is 0 Å². The first-order valence-corrected chi connectivity index (χ1v) is 7.70. The zero-order valence-corrected chi connectivity index (χ0v) is 13.6. The summed E-state index contributed by atoms with van der Waals surface area (Å²) in [6.07, 6.45) is 0.987. The van der Waals surface area contributed by atoms with E-state index in [0.29, 0.717) is 5.11 Å². The van der Waals surface area contributed by atoms with Crippen LogP contribution in [0.2, 0.25) is 0 Å². The Balaban J connectivity index is 2.06. The first-order valence-electron chi connectivity index (χ1n) is 7.30. The summed E-state index contributed by atoms with van der Waals surface area (Å²) in [6, 6.07) is 16.8. The summed E-state index contributed by atoms with van der Waals surface area (Å²) in [5, 5.41) is 7.30. The Bertz CT molecular complexity index is 608. The lowest BCUT2D eigenvalue weighted by molar-refractivity contribution is 0.625. The second kappa shape index (κ2) is 7.23. The highest BCUT2D eigenvalue weighted by Gasteiger charge is 2.13. The third-order valence-electron chi connectivity index (χ3n) is 3.55. The van der Waals surface area contributed by atoms with E-state index < -0.39 is 0 Å². The Morgan fingerprint density at radius 1 is 1.10 bits per heavy atom. The Hall–Kier alpha value is -1.87. The van der Waals surface area contributed by atoms with Crippen LogP contribution in [0, 0.1) is 13.8 Å². The molecule has 0 saturated heterocycles. The second-order valence-corrected chi connectivity index (χ2v) is 5.69. The number of aryl methyl sites for hydroxylation is 2. The third-order valence-corrected chi connectivity index (χ3v) is 3.77. The molecule has 0 radical (unpaired) electrons. The van der Waals surface area contributed by atoms with Gasteiger partial charge in [-0.3, -0.25) is 0 Å². The number of hydrogen-bond acceptors (Lipinski definition) is 1. The van der Waals surface area contributed by atoms with Gasteiger partial charge < -0.3 is 10.6 Å². The van der Waals surface area contributed by atoms with Crippen molar-refractivity contribution < 1.29 is 0 Å². The highest BCUT2D eigenvalue weighted by Crippen LogP contribution is 2.21. The van der Waals surface area contributed by atoms with Gasteiger partial charge in [-0.05, 0) is 55.7 Å². The van der Waals surface area contributed by atoms with E-state index in [2.05, 4.69) is 49.6 Å². The van der Waals surface area contributed by atoms with Gasteiger partial charge in [0.1, 0.15) is 0 Å². The third kappa shape index (κ3) is 4.30. The number of rotatable bonds is 4. The molecule has 0 fully saturated rings. The van der Waals surface area contributed by atoms with Crippen LogP contribution in [0.4, 0.5) is 5.69 Å². The van der Waals surface area contributed by atoms with E-state index in [-0.39, 0.29) is 6.04 Å². The molecule has 3 heteroatoms. The van der Waals surface area contributed by atoms with Crippen molar-refractivity contribution in [3.05, 3.63) is 65.2 Å². The van der Waals surface area contributed by atoms with Gasteiger partial charge in [-0.1, -0.05) is 48.9 Å². The lowest BCUT2D eigenvalue weighted by Crippen LogP contribution is -2.32. The quantitative estimate of drug-likeness (QED) is 0.797. The van der Waals surface area contributed by atoms with Crippen LogP contribution in [0.1, 0.15) is 36.1 Å². The van der Waals surface area contributed by atoms with Crippen molar-refractivity contribution in [2.75, 3.05) is 5.32 Å². The summed E-state index contributed by atoms with van der Waals surface area (Å²) < 4.78 is 0. The molecule has 2 rings (SSSR count). The molecular weight excluding hydrogens is 276 g/mol.